The first-order chi connectivity index (χ1) is 8.88. The van der Waals surface area contributed by atoms with Gasteiger partial charge in [0.1, 0.15) is 27.2 Å². The third-order valence-corrected chi connectivity index (χ3v) is 5.18. The Kier molecular flexibility index (Phi) is 4.08. The summed E-state index contributed by atoms with van der Waals surface area (Å²) in [5.41, 5.74) is -0.165. The van der Waals surface area contributed by atoms with Crippen molar-refractivity contribution in [3.05, 3.63) is 29.8 Å². The molecule has 0 spiro atoms. The number of rotatable bonds is 3. The number of benzene rings is 1. The van der Waals surface area contributed by atoms with E-state index in [4.69, 9.17) is 0 Å². The van der Waals surface area contributed by atoms with Crippen molar-refractivity contribution in [3.63, 3.8) is 0 Å². The van der Waals surface area contributed by atoms with Gasteiger partial charge in [-0.1, -0.05) is 12.5 Å². The molecular weight excluding hydrogens is 272 g/mol. The zero-order valence-electron chi connectivity index (χ0n) is 10.7. The first-order valence-corrected chi connectivity index (χ1v) is 8.23. The van der Waals surface area contributed by atoms with Gasteiger partial charge >= 0.3 is 0 Å². The van der Waals surface area contributed by atoms with E-state index >= 15 is 0 Å². The van der Waals surface area contributed by atoms with Gasteiger partial charge in [-0.2, -0.15) is 0 Å². The number of nitrogens with one attached hydrogen (secondary N) is 1. The van der Waals surface area contributed by atoms with Crippen molar-refractivity contribution >= 4 is 15.5 Å². The van der Waals surface area contributed by atoms with Gasteiger partial charge in [0.05, 0.1) is 5.25 Å². The summed E-state index contributed by atoms with van der Waals surface area (Å²) in [6.07, 6.45) is 3.69. The van der Waals surface area contributed by atoms with E-state index in [9.17, 15) is 17.2 Å². The molecule has 1 aliphatic carbocycles. The first-order valence-electron chi connectivity index (χ1n) is 6.27. The van der Waals surface area contributed by atoms with E-state index in [2.05, 4.69) is 5.32 Å². The Hall–Kier alpha value is -1.17. The number of anilines is 1. The highest BCUT2D eigenvalue weighted by Crippen LogP contribution is 2.28. The summed E-state index contributed by atoms with van der Waals surface area (Å²) in [7, 11) is -3.10. The lowest BCUT2D eigenvalue weighted by Crippen LogP contribution is -2.34. The maximum Gasteiger partial charge on any atom is 0.150 e. The topological polar surface area (TPSA) is 46.2 Å². The van der Waals surface area contributed by atoms with Crippen LogP contribution in [0.3, 0.4) is 0 Å². The van der Waals surface area contributed by atoms with Crippen LogP contribution in [0.2, 0.25) is 0 Å². The Morgan fingerprint density at radius 1 is 1.21 bits per heavy atom. The molecule has 106 valence electrons. The summed E-state index contributed by atoms with van der Waals surface area (Å²) in [6.45, 7) is 0. The Balaban J connectivity index is 2.11. The van der Waals surface area contributed by atoms with Gasteiger partial charge in [0.15, 0.2) is 0 Å². The van der Waals surface area contributed by atoms with E-state index in [1.807, 2.05) is 0 Å². The number of halogens is 2. The number of hydrogen-bond acceptors (Lipinski definition) is 3. The van der Waals surface area contributed by atoms with Gasteiger partial charge in [-0.3, -0.25) is 0 Å². The summed E-state index contributed by atoms with van der Waals surface area (Å²) in [6, 6.07) is 3.46. The molecule has 0 aliphatic heterocycles. The molecule has 1 N–H and O–H groups in total. The van der Waals surface area contributed by atoms with Crippen LogP contribution in [0.5, 0.6) is 0 Å². The summed E-state index contributed by atoms with van der Waals surface area (Å²) in [5, 5.41) is 2.38. The lowest BCUT2D eigenvalue weighted by atomic mass is 9.94. The molecule has 1 saturated carbocycles. The predicted molar refractivity (Wildman–Crippen MR) is 70.9 cm³/mol. The molecule has 19 heavy (non-hydrogen) atoms. The molecule has 1 aromatic carbocycles. The highest BCUT2D eigenvalue weighted by Gasteiger charge is 2.29. The molecule has 0 amide bonds. The van der Waals surface area contributed by atoms with Gasteiger partial charge in [-0.25, -0.2) is 17.2 Å². The van der Waals surface area contributed by atoms with Crippen molar-refractivity contribution in [1.82, 2.24) is 0 Å². The molecule has 0 heterocycles. The lowest BCUT2D eigenvalue weighted by molar-refractivity contribution is 0.449. The molecular formula is C13H17F2NO2S. The Labute approximate surface area is 111 Å². The molecule has 3 nitrogen and oxygen atoms in total. The highest BCUT2D eigenvalue weighted by atomic mass is 32.2. The number of sulfone groups is 1. The van der Waals surface area contributed by atoms with Gasteiger partial charge in [0.25, 0.3) is 0 Å². The van der Waals surface area contributed by atoms with Crippen LogP contribution in [-0.2, 0) is 9.84 Å². The average Bonchev–Trinajstić information content (AvgIpc) is 2.33. The molecule has 2 unspecified atom stereocenters. The standard InChI is InChI=1S/C13H17F2NO2S/c1-19(17,18)10-5-2-4-9(8-10)16-13-11(14)6-3-7-12(13)15/h3,6-7,9-10,16H,2,4-5,8H2,1H3. The predicted octanol–water partition coefficient (Wildman–Crippen LogP) is 2.73. The summed E-state index contributed by atoms with van der Waals surface area (Å²) in [4.78, 5) is 0. The highest BCUT2D eigenvalue weighted by molar-refractivity contribution is 7.91. The van der Waals surface area contributed by atoms with E-state index in [1.54, 1.807) is 0 Å². The fourth-order valence-electron chi connectivity index (χ4n) is 2.50. The van der Waals surface area contributed by atoms with Crippen LogP contribution in [0.4, 0.5) is 14.5 Å². The second kappa shape index (κ2) is 5.45. The summed E-state index contributed by atoms with van der Waals surface area (Å²) in [5.74, 6) is -1.30. The van der Waals surface area contributed by atoms with Gasteiger partial charge in [-0.15, -0.1) is 0 Å². The third-order valence-electron chi connectivity index (χ3n) is 3.54. The van der Waals surface area contributed by atoms with E-state index in [0.29, 0.717) is 12.8 Å². The van der Waals surface area contributed by atoms with Crippen molar-refractivity contribution in [3.8, 4) is 0 Å². The smallest absolute Gasteiger partial charge is 0.150 e. The van der Waals surface area contributed by atoms with Crippen LogP contribution >= 0.6 is 0 Å². The minimum Gasteiger partial charge on any atom is -0.378 e. The van der Waals surface area contributed by atoms with E-state index in [0.717, 1.165) is 12.8 Å². The first kappa shape index (κ1) is 14.2. The molecule has 1 aliphatic rings. The zero-order valence-corrected chi connectivity index (χ0v) is 11.5. The van der Waals surface area contributed by atoms with Crippen molar-refractivity contribution < 1.29 is 17.2 Å². The Bertz CT molecular complexity index is 540. The summed E-state index contributed by atoms with van der Waals surface area (Å²) < 4.78 is 50.1. The van der Waals surface area contributed by atoms with Crippen LogP contribution in [0.1, 0.15) is 25.7 Å². The second-order valence-electron chi connectivity index (χ2n) is 5.06. The molecule has 1 fully saturated rings. The quantitative estimate of drug-likeness (QED) is 0.930. The molecule has 0 aromatic heterocycles. The zero-order chi connectivity index (χ0) is 14.0. The van der Waals surface area contributed by atoms with Gasteiger partial charge in [0.2, 0.25) is 0 Å². The van der Waals surface area contributed by atoms with Crippen molar-refractivity contribution in [2.75, 3.05) is 11.6 Å². The van der Waals surface area contributed by atoms with Crippen molar-refractivity contribution in [1.29, 1.82) is 0 Å². The van der Waals surface area contributed by atoms with E-state index < -0.39 is 26.7 Å². The normalized spacial score (nSPS) is 24.2. The van der Waals surface area contributed by atoms with Gasteiger partial charge in [0, 0.05) is 12.3 Å². The van der Waals surface area contributed by atoms with Crippen LogP contribution in [0, 0.1) is 11.6 Å². The van der Waals surface area contributed by atoms with Crippen LogP contribution < -0.4 is 5.32 Å². The summed E-state index contributed by atoms with van der Waals surface area (Å²) >= 11 is 0. The molecule has 2 rings (SSSR count). The minimum atomic E-state index is -3.10. The third kappa shape index (κ3) is 3.43. The lowest BCUT2D eigenvalue weighted by Gasteiger charge is -2.29. The largest absolute Gasteiger partial charge is 0.378 e. The molecule has 6 heteroatoms. The minimum absolute atomic E-state index is 0.165. The monoisotopic (exact) mass is 289 g/mol. The average molecular weight is 289 g/mol. The number of hydrogen-bond donors (Lipinski definition) is 1. The molecule has 2 atom stereocenters. The Morgan fingerprint density at radius 2 is 1.84 bits per heavy atom. The van der Waals surface area contributed by atoms with Crippen LogP contribution in [0.25, 0.3) is 0 Å². The van der Waals surface area contributed by atoms with Gasteiger partial charge in [-0.05, 0) is 31.4 Å². The van der Waals surface area contributed by atoms with Crippen LogP contribution in [-0.4, -0.2) is 26.0 Å². The molecule has 0 bridgehead atoms. The van der Waals surface area contributed by atoms with Crippen molar-refractivity contribution in [2.45, 2.75) is 37.0 Å². The SMILES string of the molecule is CS(=O)(=O)C1CCCC(Nc2c(F)cccc2F)C1. The fraction of sp³-hybridized carbons (Fsp3) is 0.538. The second-order valence-corrected chi connectivity index (χ2v) is 7.38. The van der Waals surface area contributed by atoms with Gasteiger partial charge < -0.3 is 5.32 Å². The van der Waals surface area contributed by atoms with E-state index in [-0.39, 0.29) is 11.7 Å². The Morgan fingerprint density at radius 3 is 2.42 bits per heavy atom. The maximum atomic E-state index is 13.5. The van der Waals surface area contributed by atoms with Crippen LogP contribution in [0.15, 0.2) is 18.2 Å². The molecule has 0 radical (unpaired) electrons. The molecule has 1 aromatic rings. The van der Waals surface area contributed by atoms with E-state index in [1.165, 1.54) is 24.5 Å². The molecule has 0 saturated heterocycles. The van der Waals surface area contributed by atoms with Crippen molar-refractivity contribution in [2.24, 2.45) is 0 Å². The number of para-hydroxylation sites is 1. The maximum absolute atomic E-state index is 13.5. The fourth-order valence-corrected chi connectivity index (χ4v) is 3.68.